The maximum atomic E-state index is 13.7. The number of carbonyl (C=O) groups excluding carboxylic acids is 1. The summed E-state index contributed by atoms with van der Waals surface area (Å²) in [5, 5.41) is 3.16. The largest absolute Gasteiger partial charge is 0.497 e. The minimum Gasteiger partial charge on any atom is -0.497 e. The van der Waals surface area contributed by atoms with Crippen LogP contribution >= 0.6 is 27.7 Å². The SMILES string of the molecule is COc1ccc2nc(SCC(=O)Nc3ccc(Br)cc3F)[nH]c2c1. The maximum absolute atomic E-state index is 13.7. The predicted molar refractivity (Wildman–Crippen MR) is 96.1 cm³/mol. The maximum Gasteiger partial charge on any atom is 0.234 e. The molecule has 2 N–H and O–H groups in total. The summed E-state index contributed by atoms with van der Waals surface area (Å²) in [6.45, 7) is 0. The molecule has 0 saturated carbocycles. The molecule has 0 radical (unpaired) electrons. The molecule has 1 heterocycles. The lowest BCUT2D eigenvalue weighted by molar-refractivity contribution is -0.113. The van der Waals surface area contributed by atoms with Crippen LogP contribution in [0.25, 0.3) is 11.0 Å². The molecule has 0 fully saturated rings. The Morgan fingerprint density at radius 3 is 2.96 bits per heavy atom. The third-order valence-corrected chi connectivity index (χ3v) is 4.58. The van der Waals surface area contributed by atoms with Crippen molar-refractivity contribution in [2.75, 3.05) is 18.2 Å². The number of nitrogens with zero attached hydrogens (tertiary/aromatic N) is 1. The molecule has 0 spiro atoms. The molecule has 24 heavy (non-hydrogen) atoms. The summed E-state index contributed by atoms with van der Waals surface area (Å²) in [6, 6.07) is 9.97. The average molecular weight is 410 g/mol. The monoisotopic (exact) mass is 409 g/mol. The summed E-state index contributed by atoms with van der Waals surface area (Å²) in [4.78, 5) is 19.5. The van der Waals surface area contributed by atoms with E-state index in [2.05, 4.69) is 31.2 Å². The zero-order chi connectivity index (χ0) is 17.1. The normalized spacial score (nSPS) is 10.8. The van der Waals surface area contributed by atoms with Crippen molar-refractivity contribution in [1.82, 2.24) is 9.97 Å². The summed E-state index contributed by atoms with van der Waals surface area (Å²) >= 11 is 4.42. The van der Waals surface area contributed by atoms with E-state index in [1.165, 1.54) is 23.9 Å². The van der Waals surface area contributed by atoms with Gasteiger partial charge in [0.15, 0.2) is 5.16 Å². The molecule has 0 bridgehead atoms. The highest BCUT2D eigenvalue weighted by molar-refractivity contribution is 9.10. The van der Waals surface area contributed by atoms with E-state index in [0.29, 0.717) is 9.63 Å². The highest BCUT2D eigenvalue weighted by Crippen LogP contribution is 2.24. The number of rotatable bonds is 5. The van der Waals surface area contributed by atoms with Crippen molar-refractivity contribution in [2.45, 2.75) is 5.16 Å². The van der Waals surface area contributed by atoms with Crippen molar-refractivity contribution in [3.8, 4) is 5.75 Å². The topological polar surface area (TPSA) is 67.0 Å². The Kier molecular flexibility index (Phi) is 5.06. The van der Waals surface area contributed by atoms with Crippen LogP contribution in [0.5, 0.6) is 5.75 Å². The highest BCUT2D eigenvalue weighted by Gasteiger charge is 2.10. The molecule has 0 aliphatic carbocycles. The lowest BCUT2D eigenvalue weighted by atomic mass is 10.3. The smallest absolute Gasteiger partial charge is 0.234 e. The van der Waals surface area contributed by atoms with E-state index in [1.807, 2.05) is 18.2 Å². The standard InChI is InChI=1S/C16H13BrFN3O2S/c1-23-10-3-5-13-14(7-10)21-16(20-13)24-8-15(22)19-12-4-2-9(17)6-11(12)18/h2-7H,8H2,1H3,(H,19,22)(H,20,21). The van der Waals surface area contributed by atoms with Gasteiger partial charge in [-0.1, -0.05) is 27.7 Å². The molecule has 5 nitrogen and oxygen atoms in total. The van der Waals surface area contributed by atoms with Gasteiger partial charge in [0.1, 0.15) is 11.6 Å². The van der Waals surface area contributed by atoms with Crippen LogP contribution in [0.2, 0.25) is 0 Å². The zero-order valence-electron chi connectivity index (χ0n) is 12.6. The van der Waals surface area contributed by atoms with E-state index >= 15 is 0 Å². The number of anilines is 1. The number of aromatic amines is 1. The number of methoxy groups -OCH3 is 1. The fourth-order valence-corrected chi connectivity index (χ4v) is 3.09. The van der Waals surface area contributed by atoms with Crippen LogP contribution in [0, 0.1) is 5.82 Å². The number of ether oxygens (including phenoxy) is 1. The number of fused-ring (bicyclic) bond motifs is 1. The number of H-pyrrole nitrogens is 1. The van der Waals surface area contributed by atoms with E-state index in [1.54, 1.807) is 13.2 Å². The van der Waals surface area contributed by atoms with Crippen molar-refractivity contribution in [3.63, 3.8) is 0 Å². The Bertz CT molecular complexity index is 900. The van der Waals surface area contributed by atoms with Crippen molar-refractivity contribution in [3.05, 3.63) is 46.7 Å². The van der Waals surface area contributed by atoms with Crippen LogP contribution in [0.1, 0.15) is 0 Å². The lowest BCUT2D eigenvalue weighted by Crippen LogP contribution is -2.15. The third-order valence-electron chi connectivity index (χ3n) is 3.21. The first-order chi connectivity index (χ1) is 11.5. The number of amides is 1. The first-order valence-electron chi connectivity index (χ1n) is 6.96. The Labute approximate surface area is 150 Å². The Hall–Kier alpha value is -2.06. The van der Waals surface area contributed by atoms with Gasteiger partial charge in [0.05, 0.1) is 29.6 Å². The molecule has 0 atom stereocenters. The summed E-state index contributed by atoms with van der Waals surface area (Å²) in [5.74, 6) is 0.0518. The average Bonchev–Trinajstić information content (AvgIpc) is 2.97. The summed E-state index contributed by atoms with van der Waals surface area (Å²) in [7, 11) is 1.60. The van der Waals surface area contributed by atoms with Crippen molar-refractivity contribution in [1.29, 1.82) is 0 Å². The van der Waals surface area contributed by atoms with E-state index in [9.17, 15) is 9.18 Å². The van der Waals surface area contributed by atoms with Crippen LogP contribution in [0.3, 0.4) is 0 Å². The Morgan fingerprint density at radius 1 is 1.38 bits per heavy atom. The van der Waals surface area contributed by atoms with E-state index in [0.717, 1.165) is 16.8 Å². The second-order valence-corrected chi connectivity index (χ2v) is 6.77. The predicted octanol–water partition coefficient (Wildman–Crippen LogP) is 4.20. The number of aromatic nitrogens is 2. The molecule has 3 aromatic rings. The van der Waals surface area contributed by atoms with Gasteiger partial charge in [-0.2, -0.15) is 0 Å². The number of halogens is 2. The van der Waals surface area contributed by atoms with Crippen LogP contribution in [0.4, 0.5) is 10.1 Å². The molecule has 0 aliphatic heterocycles. The minimum absolute atomic E-state index is 0.118. The fraction of sp³-hybridized carbons (Fsp3) is 0.125. The van der Waals surface area contributed by atoms with Crippen molar-refractivity contribution < 1.29 is 13.9 Å². The third kappa shape index (κ3) is 3.88. The molecule has 0 unspecified atom stereocenters. The first kappa shape index (κ1) is 16.8. The van der Waals surface area contributed by atoms with Gasteiger partial charge in [0.25, 0.3) is 0 Å². The Morgan fingerprint density at radius 2 is 2.21 bits per heavy atom. The Balaban J connectivity index is 1.63. The van der Waals surface area contributed by atoms with Crippen LogP contribution in [-0.4, -0.2) is 28.7 Å². The molecule has 0 aliphatic rings. The number of nitrogens with one attached hydrogen (secondary N) is 2. The van der Waals surface area contributed by atoms with Gasteiger partial charge in [0.2, 0.25) is 5.91 Å². The van der Waals surface area contributed by atoms with E-state index in [4.69, 9.17) is 4.74 Å². The van der Waals surface area contributed by atoms with Gasteiger partial charge in [-0.05, 0) is 30.3 Å². The first-order valence-corrected chi connectivity index (χ1v) is 8.74. The van der Waals surface area contributed by atoms with Gasteiger partial charge in [-0.3, -0.25) is 4.79 Å². The molecule has 2 aromatic carbocycles. The summed E-state index contributed by atoms with van der Waals surface area (Å²) in [6.07, 6.45) is 0. The van der Waals surface area contributed by atoms with Gasteiger partial charge in [-0.25, -0.2) is 9.37 Å². The number of hydrogen-bond donors (Lipinski definition) is 2. The highest BCUT2D eigenvalue weighted by atomic mass is 79.9. The van der Waals surface area contributed by atoms with Crippen molar-refractivity contribution in [2.24, 2.45) is 0 Å². The quantitative estimate of drug-likeness (QED) is 0.619. The number of thioether (sulfide) groups is 1. The van der Waals surface area contributed by atoms with Crippen molar-refractivity contribution >= 4 is 50.3 Å². The van der Waals surface area contributed by atoms with Crippen LogP contribution in [0.15, 0.2) is 46.0 Å². The molecule has 0 saturated heterocycles. The lowest BCUT2D eigenvalue weighted by Gasteiger charge is -2.05. The number of hydrogen-bond acceptors (Lipinski definition) is 4. The van der Waals surface area contributed by atoms with Gasteiger partial charge >= 0.3 is 0 Å². The summed E-state index contributed by atoms with van der Waals surface area (Å²) < 4.78 is 19.5. The second-order valence-electron chi connectivity index (χ2n) is 4.89. The molecule has 1 amide bonds. The summed E-state index contributed by atoms with van der Waals surface area (Å²) in [5.41, 5.74) is 1.77. The minimum atomic E-state index is -0.487. The van der Waals surface area contributed by atoms with Gasteiger partial charge in [-0.15, -0.1) is 0 Å². The molecule has 124 valence electrons. The fourth-order valence-electron chi connectivity index (χ4n) is 2.07. The van der Waals surface area contributed by atoms with Crippen LogP contribution < -0.4 is 10.1 Å². The molecular weight excluding hydrogens is 397 g/mol. The van der Waals surface area contributed by atoms with Crippen LogP contribution in [-0.2, 0) is 4.79 Å². The van der Waals surface area contributed by atoms with E-state index in [-0.39, 0.29) is 17.3 Å². The number of imidazole rings is 1. The second kappa shape index (κ2) is 7.23. The van der Waals surface area contributed by atoms with Gasteiger partial charge < -0.3 is 15.0 Å². The zero-order valence-corrected chi connectivity index (χ0v) is 15.0. The molecule has 1 aromatic heterocycles. The van der Waals surface area contributed by atoms with Gasteiger partial charge in [0, 0.05) is 10.5 Å². The number of benzene rings is 2. The van der Waals surface area contributed by atoms with E-state index < -0.39 is 5.82 Å². The molecule has 8 heteroatoms. The number of carbonyl (C=O) groups is 1. The molecular formula is C16H13BrFN3O2S. The molecule has 3 rings (SSSR count).